The summed E-state index contributed by atoms with van der Waals surface area (Å²) in [4.78, 5) is 21.6. The first-order chi connectivity index (χ1) is 13.3. The van der Waals surface area contributed by atoms with Crippen LogP contribution in [0.5, 0.6) is 11.5 Å². The van der Waals surface area contributed by atoms with Crippen molar-refractivity contribution in [2.45, 2.75) is 31.6 Å². The predicted molar refractivity (Wildman–Crippen MR) is 88.2 cm³/mol. The van der Waals surface area contributed by atoms with Crippen LogP contribution in [0.4, 0.5) is 26.3 Å². The highest BCUT2D eigenvalue weighted by Gasteiger charge is 2.72. The molecule has 0 fully saturated rings. The molecule has 0 saturated heterocycles. The zero-order chi connectivity index (χ0) is 22.0. The van der Waals surface area contributed by atoms with E-state index < -0.39 is 40.8 Å². The molecule has 0 aliphatic heterocycles. The molecule has 29 heavy (non-hydrogen) atoms. The number of ether oxygens (including phenoxy) is 2. The Morgan fingerprint density at radius 1 is 0.621 bits per heavy atom. The molecule has 2 aromatic carbocycles. The number of carbonyl (C=O) groups is 2. The van der Waals surface area contributed by atoms with Gasteiger partial charge in [0.1, 0.15) is 11.5 Å². The Labute approximate surface area is 161 Å². The zero-order valence-electron chi connectivity index (χ0n) is 15.0. The van der Waals surface area contributed by atoms with E-state index in [9.17, 15) is 35.9 Å². The second kappa shape index (κ2) is 7.76. The van der Waals surface area contributed by atoms with Gasteiger partial charge in [0.25, 0.3) is 0 Å². The third-order valence-electron chi connectivity index (χ3n) is 3.75. The predicted octanol–water partition coefficient (Wildman–Crippen LogP) is 5.06. The average molecular weight is 420 g/mol. The van der Waals surface area contributed by atoms with E-state index in [1.807, 2.05) is 0 Å². The van der Waals surface area contributed by atoms with Crippen molar-refractivity contribution in [2.24, 2.45) is 0 Å². The standard InChI is InChI=1S/C19H14F6O4/c1-11(26)28-15-7-3-13(4-8-15)17(20,21)19(24,25)18(22,23)14-5-9-16(10-6-14)29-12(2)27/h3-10H,1-2H3. The van der Waals surface area contributed by atoms with Gasteiger partial charge in [-0.3, -0.25) is 9.59 Å². The molecular weight excluding hydrogens is 406 g/mol. The van der Waals surface area contributed by atoms with Crippen molar-refractivity contribution in [1.82, 2.24) is 0 Å². The first kappa shape index (κ1) is 22.3. The van der Waals surface area contributed by atoms with Gasteiger partial charge in [0.2, 0.25) is 0 Å². The Morgan fingerprint density at radius 2 is 0.897 bits per heavy atom. The molecule has 2 rings (SSSR count). The molecule has 0 amide bonds. The number of carbonyl (C=O) groups excluding carboxylic acids is 2. The van der Waals surface area contributed by atoms with Crippen molar-refractivity contribution >= 4 is 11.9 Å². The van der Waals surface area contributed by atoms with E-state index >= 15 is 0 Å². The van der Waals surface area contributed by atoms with E-state index in [2.05, 4.69) is 9.47 Å². The summed E-state index contributed by atoms with van der Waals surface area (Å²) in [7, 11) is 0. The Balaban J connectivity index is 2.36. The Morgan fingerprint density at radius 3 is 1.14 bits per heavy atom. The van der Waals surface area contributed by atoms with Crippen LogP contribution in [0.1, 0.15) is 25.0 Å². The molecule has 0 N–H and O–H groups in total. The lowest BCUT2D eigenvalue weighted by atomic mass is 9.93. The molecule has 0 unspecified atom stereocenters. The molecule has 0 atom stereocenters. The van der Waals surface area contributed by atoms with Crippen molar-refractivity contribution in [2.75, 3.05) is 0 Å². The molecule has 0 aliphatic carbocycles. The third-order valence-corrected chi connectivity index (χ3v) is 3.75. The summed E-state index contributed by atoms with van der Waals surface area (Å²) >= 11 is 0. The van der Waals surface area contributed by atoms with Gasteiger partial charge in [0.15, 0.2) is 0 Å². The fourth-order valence-corrected chi connectivity index (χ4v) is 2.36. The van der Waals surface area contributed by atoms with E-state index in [1.165, 1.54) is 0 Å². The van der Waals surface area contributed by atoms with Crippen LogP contribution < -0.4 is 9.47 Å². The molecule has 2 aromatic rings. The van der Waals surface area contributed by atoms with Gasteiger partial charge < -0.3 is 9.47 Å². The van der Waals surface area contributed by atoms with Crippen LogP contribution in [0.25, 0.3) is 0 Å². The third kappa shape index (κ3) is 4.36. The smallest absolute Gasteiger partial charge is 0.380 e. The van der Waals surface area contributed by atoms with Gasteiger partial charge in [-0.2, -0.15) is 26.3 Å². The number of halogens is 6. The lowest BCUT2D eigenvalue weighted by Crippen LogP contribution is -2.50. The molecule has 0 bridgehead atoms. The van der Waals surface area contributed by atoms with E-state index in [0.717, 1.165) is 38.1 Å². The van der Waals surface area contributed by atoms with Gasteiger partial charge in [-0.15, -0.1) is 0 Å². The average Bonchev–Trinajstić information content (AvgIpc) is 2.61. The fourth-order valence-electron chi connectivity index (χ4n) is 2.36. The molecule has 0 spiro atoms. The van der Waals surface area contributed by atoms with Crippen molar-refractivity contribution < 1.29 is 45.4 Å². The highest BCUT2D eigenvalue weighted by atomic mass is 19.3. The molecule has 0 aromatic heterocycles. The maximum Gasteiger partial charge on any atom is 0.380 e. The first-order valence-electron chi connectivity index (χ1n) is 8.00. The quantitative estimate of drug-likeness (QED) is 0.373. The molecule has 0 heterocycles. The summed E-state index contributed by atoms with van der Waals surface area (Å²) < 4.78 is 95.2. The van der Waals surface area contributed by atoms with Crippen LogP contribution >= 0.6 is 0 Å². The van der Waals surface area contributed by atoms with Crippen molar-refractivity contribution in [1.29, 1.82) is 0 Å². The molecule has 0 saturated carbocycles. The van der Waals surface area contributed by atoms with E-state index in [0.29, 0.717) is 24.3 Å². The van der Waals surface area contributed by atoms with Crippen molar-refractivity contribution in [3.05, 3.63) is 59.7 Å². The minimum Gasteiger partial charge on any atom is -0.427 e. The topological polar surface area (TPSA) is 52.6 Å². The fraction of sp³-hybridized carbons (Fsp3) is 0.263. The SMILES string of the molecule is CC(=O)Oc1ccc(C(F)(F)C(F)(F)C(F)(F)c2ccc(OC(C)=O)cc2)cc1. The molecule has 0 radical (unpaired) electrons. The van der Waals surface area contributed by atoms with Crippen LogP contribution in [0.3, 0.4) is 0 Å². The number of alkyl halides is 6. The van der Waals surface area contributed by atoms with Gasteiger partial charge in [-0.1, -0.05) is 0 Å². The summed E-state index contributed by atoms with van der Waals surface area (Å²) in [6.07, 6.45) is 0. The molecule has 156 valence electrons. The van der Waals surface area contributed by atoms with Gasteiger partial charge in [0.05, 0.1) is 0 Å². The molecule has 0 aliphatic rings. The van der Waals surface area contributed by atoms with Crippen LogP contribution in [0.2, 0.25) is 0 Å². The summed E-state index contributed by atoms with van der Waals surface area (Å²) in [5.74, 6) is -18.3. The van der Waals surface area contributed by atoms with Crippen molar-refractivity contribution in [3.8, 4) is 11.5 Å². The molecule has 4 nitrogen and oxygen atoms in total. The van der Waals surface area contributed by atoms with E-state index in [4.69, 9.17) is 0 Å². The van der Waals surface area contributed by atoms with E-state index in [-0.39, 0.29) is 11.5 Å². The monoisotopic (exact) mass is 420 g/mol. The van der Waals surface area contributed by atoms with Gasteiger partial charge >= 0.3 is 29.7 Å². The van der Waals surface area contributed by atoms with Crippen LogP contribution in [0, 0.1) is 0 Å². The van der Waals surface area contributed by atoms with Crippen LogP contribution in [0.15, 0.2) is 48.5 Å². The number of hydrogen-bond acceptors (Lipinski definition) is 4. The summed E-state index contributed by atoms with van der Waals surface area (Å²) in [5.41, 5.74) is -2.79. The normalized spacial score (nSPS) is 12.4. The molecular formula is C19H14F6O4. The second-order valence-electron chi connectivity index (χ2n) is 5.96. The van der Waals surface area contributed by atoms with Gasteiger partial charge in [0, 0.05) is 25.0 Å². The highest BCUT2D eigenvalue weighted by Crippen LogP contribution is 2.55. The highest BCUT2D eigenvalue weighted by molar-refractivity contribution is 5.69. The maximum absolute atomic E-state index is 14.4. The summed E-state index contributed by atoms with van der Waals surface area (Å²) in [6.45, 7) is 2.06. The van der Waals surface area contributed by atoms with E-state index in [1.54, 1.807) is 0 Å². The summed E-state index contributed by atoms with van der Waals surface area (Å²) in [6, 6.07) is 5.00. The van der Waals surface area contributed by atoms with Gasteiger partial charge in [-0.05, 0) is 48.5 Å². The Bertz CT molecular complexity index is 818. The Hall–Kier alpha value is -3.04. The lowest BCUT2D eigenvalue weighted by molar-refractivity contribution is -0.321. The summed E-state index contributed by atoms with van der Waals surface area (Å²) in [5, 5.41) is 0. The second-order valence-corrected chi connectivity index (χ2v) is 5.96. The van der Waals surface area contributed by atoms with Crippen LogP contribution in [-0.4, -0.2) is 17.9 Å². The maximum atomic E-state index is 14.4. The Kier molecular flexibility index (Phi) is 5.96. The van der Waals surface area contributed by atoms with Crippen molar-refractivity contribution in [3.63, 3.8) is 0 Å². The largest absolute Gasteiger partial charge is 0.427 e. The lowest BCUT2D eigenvalue weighted by Gasteiger charge is -2.33. The zero-order valence-corrected chi connectivity index (χ0v) is 15.0. The van der Waals surface area contributed by atoms with Crippen LogP contribution in [-0.2, 0) is 21.4 Å². The number of esters is 2. The molecule has 10 heteroatoms. The minimum atomic E-state index is -5.81. The number of hydrogen-bond donors (Lipinski definition) is 0. The van der Waals surface area contributed by atoms with Gasteiger partial charge in [-0.25, -0.2) is 0 Å². The number of benzene rings is 2. The minimum absolute atomic E-state index is 0.215. The number of rotatable bonds is 6. The first-order valence-corrected chi connectivity index (χ1v) is 8.00.